The molecule has 0 radical (unpaired) electrons. The zero-order chi connectivity index (χ0) is 23.5. The van der Waals surface area contributed by atoms with Crippen LogP contribution >= 0.6 is 36.2 Å². The third-order valence-corrected chi connectivity index (χ3v) is 7.87. The predicted octanol–water partition coefficient (Wildman–Crippen LogP) is 5.95. The SMILES string of the molecule is CCN(CC)CCCNC(=O)c1ccc2c(c1)sc1nc(-c3ccc([C@H]4CCCN4)cc3)cn12.Cl.Cl. The first-order valence-electron chi connectivity index (χ1n) is 12.4. The summed E-state index contributed by atoms with van der Waals surface area (Å²) < 4.78 is 3.21. The first-order chi connectivity index (χ1) is 16.7. The second-order valence-electron chi connectivity index (χ2n) is 8.97. The van der Waals surface area contributed by atoms with Crippen LogP contribution in [-0.4, -0.2) is 52.9 Å². The number of benzene rings is 2. The lowest BCUT2D eigenvalue weighted by Crippen LogP contribution is -2.29. The Hall–Kier alpha value is -2.16. The Bertz CT molecular complexity index is 1280. The van der Waals surface area contributed by atoms with Crippen molar-refractivity contribution in [1.82, 2.24) is 24.9 Å². The highest BCUT2D eigenvalue weighted by atomic mass is 35.5. The summed E-state index contributed by atoms with van der Waals surface area (Å²) in [5, 5.41) is 6.62. The molecular formula is C27H35Cl2N5OS. The van der Waals surface area contributed by atoms with Crippen LogP contribution < -0.4 is 10.6 Å². The highest BCUT2D eigenvalue weighted by Gasteiger charge is 2.17. The van der Waals surface area contributed by atoms with Gasteiger partial charge in [-0.3, -0.25) is 9.20 Å². The van der Waals surface area contributed by atoms with Gasteiger partial charge in [0.1, 0.15) is 0 Å². The zero-order valence-corrected chi connectivity index (χ0v) is 23.3. The Morgan fingerprint density at radius 2 is 1.94 bits per heavy atom. The Kier molecular flexibility index (Phi) is 10.2. The van der Waals surface area contributed by atoms with Crippen LogP contribution in [0.15, 0.2) is 48.7 Å². The quantitative estimate of drug-likeness (QED) is 0.254. The number of halogens is 2. The van der Waals surface area contributed by atoms with Crippen molar-refractivity contribution in [2.45, 2.75) is 39.2 Å². The summed E-state index contributed by atoms with van der Waals surface area (Å²) in [5.74, 6) is -0.00924. The Labute approximate surface area is 229 Å². The van der Waals surface area contributed by atoms with E-state index in [1.165, 1.54) is 18.4 Å². The first-order valence-corrected chi connectivity index (χ1v) is 13.2. The molecule has 0 spiro atoms. The maximum Gasteiger partial charge on any atom is 0.251 e. The van der Waals surface area contributed by atoms with Gasteiger partial charge in [-0.05, 0) is 69.2 Å². The summed E-state index contributed by atoms with van der Waals surface area (Å²) in [4.78, 5) is 20.8. The molecule has 2 aromatic heterocycles. The molecule has 0 bridgehead atoms. The molecule has 1 fully saturated rings. The lowest BCUT2D eigenvalue weighted by atomic mass is 10.0. The molecule has 3 heterocycles. The zero-order valence-electron chi connectivity index (χ0n) is 20.8. The summed E-state index contributed by atoms with van der Waals surface area (Å²) in [7, 11) is 0. The topological polar surface area (TPSA) is 61.7 Å². The maximum atomic E-state index is 12.6. The summed E-state index contributed by atoms with van der Waals surface area (Å²) in [6, 6.07) is 15.2. The third-order valence-electron chi connectivity index (χ3n) is 6.86. The lowest BCUT2D eigenvalue weighted by Gasteiger charge is -2.17. The van der Waals surface area contributed by atoms with Gasteiger partial charge in [0.05, 0.1) is 15.9 Å². The van der Waals surface area contributed by atoms with Crippen LogP contribution in [0.4, 0.5) is 0 Å². The van der Waals surface area contributed by atoms with Crippen LogP contribution in [0.2, 0.25) is 0 Å². The van der Waals surface area contributed by atoms with Crippen LogP contribution in [0.5, 0.6) is 0 Å². The molecule has 1 aliphatic heterocycles. The molecule has 194 valence electrons. The minimum Gasteiger partial charge on any atom is -0.352 e. The van der Waals surface area contributed by atoms with Crippen LogP contribution in [-0.2, 0) is 0 Å². The molecule has 1 aliphatic rings. The van der Waals surface area contributed by atoms with Crippen molar-refractivity contribution in [2.75, 3.05) is 32.7 Å². The number of carbonyl (C=O) groups excluding carboxylic acids is 1. The van der Waals surface area contributed by atoms with Crippen LogP contribution in [0.1, 0.15) is 55.1 Å². The van der Waals surface area contributed by atoms with Crippen molar-refractivity contribution >= 4 is 57.2 Å². The second-order valence-corrected chi connectivity index (χ2v) is 9.98. The number of carbonyl (C=O) groups is 1. The standard InChI is InChI=1S/C27H33N5OS.2ClH/c1-3-31(4-2)16-6-15-29-26(33)21-12-13-24-25(17-21)34-27-30-23(18-32(24)27)20-10-8-19(9-11-20)22-7-5-14-28-22;;/h8-13,17-18,22,28H,3-7,14-16H2,1-2H3,(H,29,33);2*1H/t22-;;/m1../s1. The van der Waals surface area contributed by atoms with Crippen molar-refractivity contribution in [2.24, 2.45) is 0 Å². The molecule has 2 aromatic carbocycles. The van der Waals surface area contributed by atoms with Gasteiger partial charge in [-0.1, -0.05) is 49.4 Å². The van der Waals surface area contributed by atoms with E-state index in [4.69, 9.17) is 4.98 Å². The summed E-state index contributed by atoms with van der Waals surface area (Å²) >= 11 is 1.63. The van der Waals surface area contributed by atoms with Crippen molar-refractivity contribution in [3.63, 3.8) is 0 Å². The number of nitrogens with one attached hydrogen (secondary N) is 2. The van der Waals surface area contributed by atoms with Gasteiger partial charge in [0.2, 0.25) is 0 Å². The fourth-order valence-corrected chi connectivity index (χ4v) is 5.83. The number of imidazole rings is 1. The van der Waals surface area contributed by atoms with E-state index in [9.17, 15) is 4.79 Å². The number of nitrogens with zero attached hydrogens (tertiary/aromatic N) is 3. The lowest BCUT2D eigenvalue weighted by molar-refractivity contribution is 0.0952. The van der Waals surface area contributed by atoms with E-state index < -0.39 is 0 Å². The number of aromatic nitrogens is 2. The minimum absolute atomic E-state index is 0. The molecule has 0 saturated carbocycles. The van der Waals surface area contributed by atoms with Gasteiger partial charge < -0.3 is 15.5 Å². The maximum absolute atomic E-state index is 12.6. The number of amides is 1. The van der Waals surface area contributed by atoms with Crippen LogP contribution in [0, 0.1) is 0 Å². The van der Waals surface area contributed by atoms with Crippen molar-refractivity contribution in [3.05, 3.63) is 59.8 Å². The molecule has 5 rings (SSSR count). The average Bonchev–Trinajstić information content (AvgIpc) is 3.60. The number of thiazole rings is 1. The summed E-state index contributed by atoms with van der Waals surface area (Å²) in [6.07, 6.45) is 5.52. The van der Waals surface area contributed by atoms with E-state index in [2.05, 4.69) is 64.2 Å². The number of hydrogen-bond acceptors (Lipinski definition) is 5. The van der Waals surface area contributed by atoms with Crippen molar-refractivity contribution < 1.29 is 4.79 Å². The Balaban J connectivity index is 0.00000180. The molecule has 6 nitrogen and oxygen atoms in total. The van der Waals surface area contributed by atoms with Gasteiger partial charge in [0.25, 0.3) is 5.91 Å². The second kappa shape index (κ2) is 12.9. The normalized spacial score (nSPS) is 15.2. The minimum atomic E-state index is -0.00924. The fraction of sp³-hybridized carbons (Fsp3) is 0.407. The molecule has 9 heteroatoms. The predicted molar refractivity (Wildman–Crippen MR) is 155 cm³/mol. The van der Waals surface area contributed by atoms with Gasteiger partial charge in [-0.25, -0.2) is 4.98 Å². The summed E-state index contributed by atoms with van der Waals surface area (Å²) in [6.45, 7) is 9.25. The van der Waals surface area contributed by atoms with Crippen molar-refractivity contribution in [1.29, 1.82) is 0 Å². The van der Waals surface area contributed by atoms with Crippen LogP contribution in [0.3, 0.4) is 0 Å². The molecule has 1 saturated heterocycles. The smallest absolute Gasteiger partial charge is 0.251 e. The molecular weight excluding hydrogens is 513 g/mol. The monoisotopic (exact) mass is 547 g/mol. The molecule has 1 amide bonds. The van der Waals surface area contributed by atoms with E-state index in [1.807, 2.05) is 18.2 Å². The number of hydrogen-bond donors (Lipinski definition) is 2. The molecule has 1 atom stereocenters. The number of rotatable bonds is 9. The molecule has 0 aliphatic carbocycles. The van der Waals surface area contributed by atoms with Crippen molar-refractivity contribution in [3.8, 4) is 11.3 Å². The Morgan fingerprint density at radius 3 is 2.64 bits per heavy atom. The molecule has 4 aromatic rings. The largest absolute Gasteiger partial charge is 0.352 e. The highest BCUT2D eigenvalue weighted by Crippen LogP contribution is 2.31. The van der Waals surface area contributed by atoms with Gasteiger partial charge >= 0.3 is 0 Å². The molecule has 2 N–H and O–H groups in total. The first kappa shape index (κ1) is 28.4. The number of fused-ring (bicyclic) bond motifs is 3. The average molecular weight is 549 g/mol. The molecule has 36 heavy (non-hydrogen) atoms. The van der Waals surface area contributed by atoms with Gasteiger partial charge in [0, 0.05) is 29.9 Å². The van der Waals surface area contributed by atoms with E-state index in [0.717, 1.165) is 59.0 Å². The van der Waals surface area contributed by atoms with Gasteiger partial charge in [-0.15, -0.1) is 24.8 Å². The Morgan fingerprint density at radius 1 is 1.17 bits per heavy atom. The fourth-order valence-electron chi connectivity index (χ4n) is 4.78. The van der Waals surface area contributed by atoms with Gasteiger partial charge in [0.15, 0.2) is 4.96 Å². The summed E-state index contributed by atoms with van der Waals surface area (Å²) in [5.41, 5.74) is 5.26. The van der Waals surface area contributed by atoms with E-state index in [1.54, 1.807) is 11.3 Å². The van der Waals surface area contributed by atoms with E-state index in [-0.39, 0.29) is 30.7 Å². The molecule has 0 unspecified atom stereocenters. The van der Waals surface area contributed by atoms with E-state index >= 15 is 0 Å². The third kappa shape index (κ3) is 6.03. The van der Waals surface area contributed by atoms with E-state index in [0.29, 0.717) is 18.2 Å². The van der Waals surface area contributed by atoms with Gasteiger partial charge in [-0.2, -0.15) is 0 Å². The van der Waals surface area contributed by atoms with Crippen LogP contribution in [0.25, 0.3) is 26.4 Å². The highest BCUT2D eigenvalue weighted by molar-refractivity contribution is 7.23.